The zero-order valence-electron chi connectivity index (χ0n) is 15.9. The van der Waals surface area contributed by atoms with Gasteiger partial charge in [0.2, 0.25) is 11.7 Å². The molecule has 0 aromatic heterocycles. The smallest absolute Gasteiger partial charge is 0.227 e. The summed E-state index contributed by atoms with van der Waals surface area (Å²) < 4.78 is 16.0. The number of aliphatic imine (C=N–C) groups is 1. The van der Waals surface area contributed by atoms with Crippen LogP contribution < -0.4 is 30.2 Å². The van der Waals surface area contributed by atoms with Crippen LogP contribution in [0.5, 0.6) is 17.2 Å². The molecule has 0 saturated carbocycles. The summed E-state index contributed by atoms with van der Waals surface area (Å²) in [6.07, 6.45) is 0. The van der Waals surface area contributed by atoms with Crippen LogP contribution in [0.2, 0.25) is 0 Å². The Kier molecular flexibility index (Phi) is 7.35. The molecular weight excluding hydrogens is 324 g/mol. The van der Waals surface area contributed by atoms with Gasteiger partial charge in [-0.15, -0.1) is 0 Å². The maximum atomic E-state index is 11.9. The van der Waals surface area contributed by atoms with E-state index in [0.717, 1.165) is 0 Å². The van der Waals surface area contributed by atoms with Gasteiger partial charge in [0.1, 0.15) is 0 Å². The molecule has 0 spiro atoms. The van der Waals surface area contributed by atoms with E-state index in [9.17, 15) is 4.79 Å². The van der Waals surface area contributed by atoms with Crippen molar-refractivity contribution in [2.24, 2.45) is 10.4 Å². The van der Waals surface area contributed by atoms with Crippen molar-refractivity contribution in [3.8, 4) is 17.2 Å². The van der Waals surface area contributed by atoms with E-state index in [4.69, 9.17) is 14.2 Å². The Morgan fingerprint density at radius 1 is 1.12 bits per heavy atom. The van der Waals surface area contributed by atoms with E-state index >= 15 is 0 Å². The van der Waals surface area contributed by atoms with Crippen LogP contribution in [0.3, 0.4) is 0 Å². The number of hydrogen-bond donors (Lipinski definition) is 3. The van der Waals surface area contributed by atoms with Crippen molar-refractivity contribution in [2.45, 2.75) is 13.8 Å². The number of methoxy groups -OCH3 is 3. The monoisotopic (exact) mass is 352 g/mol. The third kappa shape index (κ3) is 5.17. The second kappa shape index (κ2) is 9.00. The first-order chi connectivity index (χ1) is 11.8. The average molecular weight is 352 g/mol. The van der Waals surface area contributed by atoms with Gasteiger partial charge in [0, 0.05) is 38.5 Å². The van der Waals surface area contributed by atoms with Crippen LogP contribution in [-0.2, 0) is 4.79 Å². The molecule has 0 atom stereocenters. The van der Waals surface area contributed by atoms with Gasteiger partial charge in [0.15, 0.2) is 17.5 Å². The standard InChI is InChI=1S/C17H28N4O4/c1-17(2,15(22)18-3)10-20-16(19-4)21-11-8-12(23-5)14(25-7)13(9-11)24-6/h8-9H,10H2,1-7H3,(H,18,22)(H2,19,20,21). The van der Waals surface area contributed by atoms with Crippen LogP contribution >= 0.6 is 0 Å². The van der Waals surface area contributed by atoms with Crippen molar-refractivity contribution in [1.82, 2.24) is 10.6 Å². The number of anilines is 1. The van der Waals surface area contributed by atoms with Gasteiger partial charge < -0.3 is 30.2 Å². The fourth-order valence-corrected chi connectivity index (χ4v) is 2.19. The van der Waals surface area contributed by atoms with E-state index < -0.39 is 5.41 Å². The third-order valence-electron chi connectivity index (χ3n) is 3.69. The summed E-state index contributed by atoms with van der Waals surface area (Å²) in [5.41, 5.74) is 0.127. The summed E-state index contributed by atoms with van der Waals surface area (Å²) in [6, 6.07) is 3.55. The van der Waals surface area contributed by atoms with E-state index in [2.05, 4.69) is 20.9 Å². The topological polar surface area (TPSA) is 93.2 Å². The second-order valence-electron chi connectivity index (χ2n) is 5.93. The first kappa shape index (κ1) is 20.4. The Morgan fingerprint density at radius 3 is 2.08 bits per heavy atom. The molecular formula is C17H28N4O4. The first-order valence-corrected chi connectivity index (χ1v) is 7.82. The molecule has 140 valence electrons. The van der Waals surface area contributed by atoms with Crippen molar-refractivity contribution in [3.63, 3.8) is 0 Å². The van der Waals surface area contributed by atoms with Crippen LogP contribution in [0.4, 0.5) is 5.69 Å². The predicted octanol–water partition coefficient (Wildman–Crippen LogP) is 1.47. The number of hydrogen-bond acceptors (Lipinski definition) is 5. The normalized spacial score (nSPS) is 11.6. The maximum Gasteiger partial charge on any atom is 0.227 e. The fourth-order valence-electron chi connectivity index (χ4n) is 2.19. The lowest BCUT2D eigenvalue weighted by atomic mass is 9.92. The van der Waals surface area contributed by atoms with Gasteiger partial charge in [-0.3, -0.25) is 9.79 Å². The molecule has 8 heteroatoms. The highest BCUT2D eigenvalue weighted by Crippen LogP contribution is 2.39. The number of carbonyl (C=O) groups excluding carboxylic acids is 1. The molecule has 0 heterocycles. The van der Waals surface area contributed by atoms with Gasteiger partial charge in [-0.1, -0.05) is 0 Å². The molecule has 0 aliphatic heterocycles. The first-order valence-electron chi connectivity index (χ1n) is 7.82. The minimum absolute atomic E-state index is 0.0526. The van der Waals surface area contributed by atoms with Gasteiger partial charge in [-0.2, -0.15) is 0 Å². The van der Waals surface area contributed by atoms with Crippen molar-refractivity contribution in [3.05, 3.63) is 12.1 Å². The third-order valence-corrected chi connectivity index (χ3v) is 3.69. The van der Waals surface area contributed by atoms with Gasteiger partial charge >= 0.3 is 0 Å². The molecule has 1 aromatic rings. The lowest BCUT2D eigenvalue weighted by molar-refractivity contribution is -0.128. The lowest BCUT2D eigenvalue weighted by Crippen LogP contribution is -2.45. The van der Waals surface area contributed by atoms with E-state index in [1.165, 1.54) is 0 Å². The van der Waals surface area contributed by atoms with Gasteiger partial charge in [-0.25, -0.2) is 0 Å². The Labute approximate surface area is 148 Å². The molecule has 0 aliphatic rings. The van der Waals surface area contributed by atoms with Crippen LogP contribution in [0.25, 0.3) is 0 Å². The van der Waals surface area contributed by atoms with Crippen molar-refractivity contribution < 1.29 is 19.0 Å². The summed E-state index contributed by atoms with van der Waals surface area (Å²) >= 11 is 0. The summed E-state index contributed by atoms with van der Waals surface area (Å²) in [5.74, 6) is 2.05. The van der Waals surface area contributed by atoms with Crippen LogP contribution in [-0.4, -0.2) is 53.8 Å². The Balaban J connectivity index is 2.94. The zero-order chi connectivity index (χ0) is 19.0. The Hall–Kier alpha value is -2.64. The number of carbonyl (C=O) groups is 1. The SMILES string of the molecule is CN=C(NCC(C)(C)C(=O)NC)Nc1cc(OC)c(OC)c(OC)c1. The largest absolute Gasteiger partial charge is 0.493 e. The molecule has 25 heavy (non-hydrogen) atoms. The highest BCUT2D eigenvalue weighted by atomic mass is 16.5. The summed E-state index contributed by atoms with van der Waals surface area (Å²) in [6.45, 7) is 4.12. The number of nitrogens with zero attached hydrogens (tertiary/aromatic N) is 1. The van der Waals surface area contributed by atoms with Gasteiger partial charge in [0.25, 0.3) is 0 Å². The molecule has 0 unspecified atom stereocenters. The Morgan fingerprint density at radius 2 is 1.68 bits per heavy atom. The molecule has 1 aromatic carbocycles. The highest BCUT2D eigenvalue weighted by Gasteiger charge is 2.26. The molecule has 0 saturated heterocycles. The predicted molar refractivity (Wildman–Crippen MR) is 98.9 cm³/mol. The quantitative estimate of drug-likeness (QED) is 0.508. The van der Waals surface area contributed by atoms with E-state index in [-0.39, 0.29) is 5.91 Å². The minimum atomic E-state index is -0.582. The maximum absolute atomic E-state index is 11.9. The number of amides is 1. The Bertz CT molecular complexity index is 604. The van der Waals surface area contributed by atoms with Crippen molar-refractivity contribution in [1.29, 1.82) is 0 Å². The number of guanidine groups is 1. The van der Waals surface area contributed by atoms with Gasteiger partial charge in [-0.05, 0) is 13.8 Å². The van der Waals surface area contributed by atoms with Crippen molar-refractivity contribution in [2.75, 3.05) is 47.3 Å². The molecule has 0 bridgehead atoms. The van der Waals surface area contributed by atoms with E-state index in [1.54, 1.807) is 47.6 Å². The molecule has 8 nitrogen and oxygen atoms in total. The highest BCUT2D eigenvalue weighted by molar-refractivity contribution is 5.94. The molecule has 1 rings (SSSR count). The van der Waals surface area contributed by atoms with Crippen molar-refractivity contribution >= 4 is 17.6 Å². The van der Waals surface area contributed by atoms with E-state index in [0.29, 0.717) is 35.4 Å². The fraction of sp³-hybridized carbons (Fsp3) is 0.529. The van der Waals surface area contributed by atoms with E-state index in [1.807, 2.05) is 13.8 Å². The number of benzene rings is 1. The van der Waals surface area contributed by atoms with Crippen LogP contribution in [0.1, 0.15) is 13.8 Å². The van der Waals surface area contributed by atoms with Crippen LogP contribution in [0, 0.1) is 5.41 Å². The molecule has 0 radical (unpaired) electrons. The lowest BCUT2D eigenvalue weighted by Gasteiger charge is -2.24. The molecule has 0 aliphatic carbocycles. The average Bonchev–Trinajstić information content (AvgIpc) is 2.63. The second-order valence-corrected chi connectivity index (χ2v) is 5.93. The summed E-state index contributed by atoms with van der Waals surface area (Å²) in [7, 11) is 7.93. The summed E-state index contributed by atoms with van der Waals surface area (Å²) in [4.78, 5) is 16.0. The summed E-state index contributed by atoms with van der Waals surface area (Å²) in [5, 5.41) is 8.95. The van der Waals surface area contributed by atoms with Crippen LogP contribution in [0.15, 0.2) is 17.1 Å². The number of rotatable bonds is 7. The number of nitrogens with one attached hydrogen (secondary N) is 3. The molecule has 3 N–H and O–H groups in total. The minimum Gasteiger partial charge on any atom is -0.493 e. The molecule has 1 amide bonds. The zero-order valence-corrected chi connectivity index (χ0v) is 15.9. The number of ether oxygens (including phenoxy) is 3. The van der Waals surface area contributed by atoms with Gasteiger partial charge in [0.05, 0.1) is 26.7 Å². The molecule has 0 fully saturated rings.